The molecule has 1 atom stereocenters. The highest BCUT2D eigenvalue weighted by molar-refractivity contribution is 5.69. The van der Waals surface area contributed by atoms with Crippen LogP contribution < -0.4 is 0 Å². The molecular weight excluding hydrogens is 297 g/mol. The number of hydrogen-bond donors (Lipinski definition) is 1. The smallest absolute Gasteiger partial charge is 0.416 e. The first kappa shape index (κ1) is 20.0. The van der Waals surface area contributed by atoms with E-state index >= 15 is 0 Å². The summed E-state index contributed by atoms with van der Waals surface area (Å²) < 4.78 is 40.5. The molecule has 0 heterocycles. The second-order valence-electron chi connectivity index (χ2n) is 4.56. The minimum Gasteiger partial charge on any atom is -0.508 e. The van der Waals surface area contributed by atoms with Crippen LogP contribution in [0.4, 0.5) is 13.2 Å². The Kier molecular flexibility index (Phi) is 8.98. The minimum absolute atomic E-state index is 0.0282. The zero-order chi connectivity index (χ0) is 17.2. The lowest BCUT2D eigenvalue weighted by Gasteiger charge is -2.10. The molecule has 3 nitrogen and oxygen atoms in total. The quantitative estimate of drug-likeness (QED) is 0.632. The predicted octanol–water partition coefficient (Wildman–Crippen LogP) is 4.71. The van der Waals surface area contributed by atoms with Gasteiger partial charge in [0, 0.05) is 6.42 Å². The van der Waals surface area contributed by atoms with Gasteiger partial charge in [0.15, 0.2) is 0 Å². The number of halogens is 3. The van der Waals surface area contributed by atoms with Crippen molar-refractivity contribution >= 4 is 5.97 Å². The summed E-state index contributed by atoms with van der Waals surface area (Å²) in [5, 5.41) is 8.66. The maximum atomic E-state index is 11.8. The predicted molar refractivity (Wildman–Crippen MR) is 78.4 cm³/mol. The van der Waals surface area contributed by atoms with Crippen LogP contribution in [-0.4, -0.2) is 17.2 Å². The van der Waals surface area contributed by atoms with E-state index in [2.05, 4.69) is 6.58 Å². The topological polar surface area (TPSA) is 46.5 Å². The highest BCUT2D eigenvalue weighted by Gasteiger charge is 2.29. The maximum Gasteiger partial charge on any atom is 0.416 e. The van der Waals surface area contributed by atoms with Crippen molar-refractivity contribution in [3.63, 3.8) is 0 Å². The molecule has 1 unspecified atom stereocenters. The van der Waals surface area contributed by atoms with E-state index in [4.69, 9.17) is 9.84 Å². The first-order valence-corrected chi connectivity index (χ1v) is 6.87. The van der Waals surface area contributed by atoms with Crippen molar-refractivity contribution in [3.8, 4) is 5.75 Å². The van der Waals surface area contributed by atoms with Crippen LogP contribution in [0.3, 0.4) is 0 Å². The first-order chi connectivity index (χ1) is 10.2. The van der Waals surface area contributed by atoms with Gasteiger partial charge < -0.3 is 9.84 Å². The van der Waals surface area contributed by atoms with Crippen molar-refractivity contribution in [1.82, 2.24) is 0 Å². The van der Waals surface area contributed by atoms with E-state index in [9.17, 15) is 18.0 Å². The van der Waals surface area contributed by atoms with Crippen molar-refractivity contribution < 1.29 is 27.8 Å². The summed E-state index contributed by atoms with van der Waals surface area (Å²) in [6.45, 7) is 7.29. The second kappa shape index (κ2) is 9.87. The Balaban J connectivity index is 0.000000401. The van der Waals surface area contributed by atoms with Gasteiger partial charge in [-0.25, -0.2) is 0 Å². The van der Waals surface area contributed by atoms with Crippen molar-refractivity contribution in [3.05, 3.63) is 42.5 Å². The fourth-order valence-corrected chi connectivity index (χ4v) is 1.37. The van der Waals surface area contributed by atoms with E-state index in [1.165, 1.54) is 0 Å². The molecule has 0 saturated carbocycles. The summed E-state index contributed by atoms with van der Waals surface area (Å²) in [5.74, 6) is -0.292. The molecule has 0 fully saturated rings. The third kappa shape index (κ3) is 9.05. The number of esters is 1. The van der Waals surface area contributed by atoms with E-state index in [1.54, 1.807) is 6.92 Å². The van der Waals surface area contributed by atoms with Gasteiger partial charge in [-0.2, -0.15) is 13.2 Å². The van der Waals surface area contributed by atoms with Crippen LogP contribution in [-0.2, 0) is 15.7 Å². The number of rotatable bonds is 5. The Hall–Kier alpha value is -1.98. The van der Waals surface area contributed by atoms with Crippen LogP contribution in [0.15, 0.2) is 36.9 Å². The molecule has 124 valence electrons. The van der Waals surface area contributed by atoms with Crippen molar-refractivity contribution in [2.24, 2.45) is 0 Å². The monoisotopic (exact) mass is 318 g/mol. The zero-order valence-corrected chi connectivity index (χ0v) is 12.7. The highest BCUT2D eigenvalue weighted by atomic mass is 19.4. The fourth-order valence-electron chi connectivity index (χ4n) is 1.37. The van der Waals surface area contributed by atoms with Crippen LogP contribution >= 0.6 is 0 Å². The molecule has 6 heteroatoms. The van der Waals surface area contributed by atoms with Gasteiger partial charge in [-0.15, -0.1) is 6.58 Å². The normalized spacial score (nSPS) is 11.9. The number of hydrogen-bond acceptors (Lipinski definition) is 3. The standard InChI is InChI=1S/C9H16O2.C7H5F3O/c1-4-6-7-8(3)11-9(10)5-2;8-7(9,10)5-1-3-6(11)4-2-5/h4,8H,1,5-7H2,2-3H3;1-4,11H. The molecule has 1 N–H and O–H groups in total. The number of phenolic OH excluding ortho intramolecular Hbond substituents is 1. The SMILES string of the molecule is C=CCCC(C)OC(=O)CC.Oc1ccc(C(F)(F)F)cc1. The number of ether oxygens (including phenoxy) is 1. The first-order valence-electron chi connectivity index (χ1n) is 6.87. The van der Waals surface area contributed by atoms with Gasteiger partial charge >= 0.3 is 12.1 Å². The molecule has 0 amide bonds. The van der Waals surface area contributed by atoms with E-state index in [0.29, 0.717) is 6.42 Å². The lowest BCUT2D eigenvalue weighted by Crippen LogP contribution is -2.13. The molecule has 0 saturated heterocycles. The molecular formula is C16H21F3O3. The van der Waals surface area contributed by atoms with Crippen LogP contribution in [0.25, 0.3) is 0 Å². The summed E-state index contributed by atoms with van der Waals surface area (Å²) in [4.78, 5) is 10.7. The Morgan fingerprint density at radius 3 is 2.32 bits per heavy atom. The third-order valence-corrected chi connectivity index (χ3v) is 2.59. The number of alkyl halides is 3. The van der Waals surface area contributed by atoms with Gasteiger partial charge in [-0.05, 0) is 44.0 Å². The van der Waals surface area contributed by atoms with Crippen molar-refractivity contribution in [2.45, 2.75) is 45.4 Å². The molecule has 0 bridgehead atoms. The number of phenols is 1. The maximum absolute atomic E-state index is 11.8. The van der Waals surface area contributed by atoms with Gasteiger partial charge in [0.05, 0.1) is 11.7 Å². The molecule has 0 spiro atoms. The number of benzene rings is 1. The summed E-state index contributed by atoms with van der Waals surface area (Å²) in [6, 6.07) is 3.66. The number of carbonyl (C=O) groups is 1. The molecule has 0 aromatic heterocycles. The summed E-state index contributed by atoms with van der Waals surface area (Å²) in [6.07, 6.45) is -0.240. The van der Waals surface area contributed by atoms with Gasteiger partial charge in [-0.1, -0.05) is 13.0 Å². The Morgan fingerprint density at radius 1 is 1.36 bits per heavy atom. The van der Waals surface area contributed by atoms with E-state index in [1.807, 2.05) is 13.0 Å². The minimum atomic E-state index is -4.33. The summed E-state index contributed by atoms with van der Waals surface area (Å²) in [5.41, 5.74) is -0.754. The number of allylic oxidation sites excluding steroid dienone is 1. The average molecular weight is 318 g/mol. The largest absolute Gasteiger partial charge is 0.508 e. The van der Waals surface area contributed by atoms with Crippen LogP contribution in [0.2, 0.25) is 0 Å². The average Bonchev–Trinajstić information content (AvgIpc) is 2.45. The molecule has 0 aliphatic heterocycles. The van der Waals surface area contributed by atoms with Gasteiger partial charge in [0.25, 0.3) is 0 Å². The van der Waals surface area contributed by atoms with E-state index in [-0.39, 0.29) is 17.8 Å². The summed E-state index contributed by atoms with van der Waals surface area (Å²) in [7, 11) is 0. The van der Waals surface area contributed by atoms with Gasteiger partial charge in [-0.3, -0.25) is 4.79 Å². The van der Waals surface area contributed by atoms with Crippen molar-refractivity contribution in [1.29, 1.82) is 0 Å². The molecule has 0 radical (unpaired) electrons. The van der Waals surface area contributed by atoms with Gasteiger partial charge in [0.1, 0.15) is 5.75 Å². The van der Waals surface area contributed by atoms with Crippen LogP contribution in [0.1, 0.15) is 38.7 Å². The molecule has 1 aromatic rings. The van der Waals surface area contributed by atoms with E-state index in [0.717, 1.165) is 37.1 Å². The summed E-state index contributed by atoms with van der Waals surface area (Å²) >= 11 is 0. The Labute approximate surface area is 128 Å². The molecule has 1 rings (SSSR count). The zero-order valence-electron chi connectivity index (χ0n) is 12.7. The lowest BCUT2D eigenvalue weighted by atomic mass is 10.2. The third-order valence-electron chi connectivity index (χ3n) is 2.59. The Bertz CT molecular complexity index is 453. The molecule has 1 aromatic carbocycles. The fraction of sp³-hybridized carbons (Fsp3) is 0.438. The second-order valence-corrected chi connectivity index (χ2v) is 4.56. The number of carbonyl (C=O) groups excluding carboxylic acids is 1. The van der Waals surface area contributed by atoms with Gasteiger partial charge in [0.2, 0.25) is 0 Å². The van der Waals surface area contributed by atoms with Crippen molar-refractivity contribution in [2.75, 3.05) is 0 Å². The molecule has 0 aliphatic carbocycles. The Morgan fingerprint density at radius 2 is 1.91 bits per heavy atom. The number of aromatic hydroxyl groups is 1. The highest BCUT2D eigenvalue weighted by Crippen LogP contribution is 2.29. The molecule has 0 aliphatic rings. The van der Waals surface area contributed by atoms with Crippen LogP contribution in [0.5, 0.6) is 5.75 Å². The lowest BCUT2D eigenvalue weighted by molar-refractivity contribution is -0.148. The van der Waals surface area contributed by atoms with E-state index < -0.39 is 11.7 Å². The van der Waals surface area contributed by atoms with Crippen LogP contribution in [0, 0.1) is 0 Å². The molecule has 22 heavy (non-hydrogen) atoms.